The van der Waals surface area contributed by atoms with Gasteiger partial charge in [-0.3, -0.25) is 0 Å². The number of aryl methyl sites for hydroxylation is 2. The van der Waals surface area contributed by atoms with Crippen molar-refractivity contribution in [3.8, 4) is 5.75 Å². The predicted octanol–water partition coefficient (Wildman–Crippen LogP) is 3.87. The number of phenolic OH excluding ortho intramolecular Hbond substituents is 1. The molecule has 2 aromatic carbocycles. The molecule has 0 spiro atoms. The van der Waals surface area contributed by atoms with Gasteiger partial charge in [-0.05, 0) is 60.7 Å². The lowest BCUT2D eigenvalue weighted by atomic mass is 10.1. The Hall–Kier alpha value is -2.16. The number of hydrogen-bond donors (Lipinski definition) is 2. The lowest BCUT2D eigenvalue weighted by Crippen LogP contribution is -2.12. The molecule has 1 atom stereocenters. The van der Waals surface area contributed by atoms with Crippen LogP contribution in [0.25, 0.3) is 0 Å². The Morgan fingerprint density at radius 1 is 1.14 bits per heavy atom. The third-order valence-electron chi connectivity index (χ3n) is 4.24. The first-order chi connectivity index (χ1) is 10.0. The Morgan fingerprint density at radius 2 is 1.95 bits per heavy atom. The second-order valence-electron chi connectivity index (χ2n) is 6.01. The van der Waals surface area contributed by atoms with Crippen LogP contribution in [0.2, 0.25) is 0 Å². The van der Waals surface area contributed by atoms with E-state index in [0.717, 1.165) is 18.5 Å². The molecular weight excluding hydrogens is 260 g/mol. The first-order valence-electron chi connectivity index (χ1n) is 7.41. The summed E-state index contributed by atoms with van der Waals surface area (Å²) < 4.78 is 0. The van der Waals surface area contributed by atoms with Gasteiger partial charge in [0.15, 0.2) is 0 Å². The lowest BCUT2D eigenvalue weighted by molar-refractivity contribution is 0.474. The van der Waals surface area contributed by atoms with E-state index in [2.05, 4.69) is 49.4 Å². The topological polar surface area (TPSA) is 35.5 Å². The summed E-state index contributed by atoms with van der Waals surface area (Å²) in [5.41, 5.74) is 6.23. The Balaban J connectivity index is 1.85. The van der Waals surface area contributed by atoms with E-state index in [1.165, 1.54) is 22.4 Å². The summed E-state index contributed by atoms with van der Waals surface area (Å²) in [5.74, 6) is 0.361. The summed E-state index contributed by atoms with van der Waals surface area (Å²) in [6.07, 6.45) is 2.09. The zero-order chi connectivity index (χ0) is 15.0. The van der Waals surface area contributed by atoms with E-state index < -0.39 is 0 Å². The molecule has 0 heterocycles. The number of benzene rings is 2. The van der Waals surface area contributed by atoms with E-state index in [9.17, 15) is 5.11 Å². The minimum atomic E-state index is 0.332. The number of fused-ring (bicyclic) bond motifs is 1. The summed E-state index contributed by atoms with van der Waals surface area (Å²) in [5, 5.41) is 13.2. The Labute approximate surface area is 126 Å². The number of anilines is 2. The van der Waals surface area contributed by atoms with Crippen molar-refractivity contribution < 1.29 is 5.11 Å². The monoisotopic (exact) mass is 282 g/mol. The van der Waals surface area contributed by atoms with E-state index >= 15 is 0 Å². The van der Waals surface area contributed by atoms with E-state index in [1.54, 1.807) is 6.07 Å². The van der Waals surface area contributed by atoms with Gasteiger partial charge in [0, 0.05) is 25.5 Å². The minimum absolute atomic E-state index is 0.332. The standard InChI is InChI=1S/C18H22N2O/c1-12-4-6-14(11-18(12)20(2)3)19-17-9-5-13-10-15(21)7-8-16(13)17/h4,6-8,10-11,17,19,21H,5,9H2,1-3H3. The van der Waals surface area contributed by atoms with Crippen LogP contribution in [0.3, 0.4) is 0 Å². The first kappa shape index (κ1) is 13.8. The molecule has 3 heteroatoms. The van der Waals surface area contributed by atoms with E-state index in [-0.39, 0.29) is 0 Å². The molecule has 0 amide bonds. The van der Waals surface area contributed by atoms with Crippen molar-refractivity contribution in [2.24, 2.45) is 0 Å². The van der Waals surface area contributed by atoms with Crippen molar-refractivity contribution in [2.75, 3.05) is 24.3 Å². The molecule has 2 aromatic rings. The molecule has 0 radical (unpaired) electrons. The van der Waals surface area contributed by atoms with Crippen molar-refractivity contribution in [2.45, 2.75) is 25.8 Å². The highest BCUT2D eigenvalue weighted by Gasteiger charge is 2.22. The molecule has 0 saturated carbocycles. The molecule has 21 heavy (non-hydrogen) atoms. The van der Waals surface area contributed by atoms with E-state index in [0.29, 0.717) is 11.8 Å². The molecule has 0 bridgehead atoms. The van der Waals surface area contributed by atoms with E-state index in [4.69, 9.17) is 0 Å². The maximum Gasteiger partial charge on any atom is 0.115 e. The molecule has 0 fully saturated rings. The van der Waals surface area contributed by atoms with Crippen molar-refractivity contribution in [3.05, 3.63) is 53.1 Å². The largest absolute Gasteiger partial charge is 0.508 e. The van der Waals surface area contributed by atoms with E-state index in [1.807, 2.05) is 12.1 Å². The average Bonchev–Trinajstić information content (AvgIpc) is 2.83. The van der Waals surface area contributed by atoms with Crippen molar-refractivity contribution >= 4 is 11.4 Å². The minimum Gasteiger partial charge on any atom is -0.508 e. The first-order valence-corrected chi connectivity index (χ1v) is 7.41. The summed E-state index contributed by atoms with van der Waals surface area (Å²) in [6.45, 7) is 2.13. The van der Waals surface area contributed by atoms with Crippen LogP contribution in [-0.2, 0) is 6.42 Å². The fourth-order valence-electron chi connectivity index (χ4n) is 3.14. The van der Waals surface area contributed by atoms with Crippen LogP contribution in [0.1, 0.15) is 29.2 Å². The highest BCUT2D eigenvalue weighted by molar-refractivity contribution is 5.62. The van der Waals surface area contributed by atoms with Gasteiger partial charge in [-0.2, -0.15) is 0 Å². The van der Waals surface area contributed by atoms with Gasteiger partial charge >= 0.3 is 0 Å². The highest BCUT2D eigenvalue weighted by Crippen LogP contribution is 2.36. The van der Waals surface area contributed by atoms with Gasteiger partial charge in [0.05, 0.1) is 6.04 Å². The molecular formula is C18H22N2O. The van der Waals surface area contributed by atoms with Gasteiger partial charge < -0.3 is 15.3 Å². The normalized spacial score (nSPS) is 16.6. The summed E-state index contributed by atoms with van der Waals surface area (Å²) >= 11 is 0. The van der Waals surface area contributed by atoms with Crippen molar-refractivity contribution in [1.29, 1.82) is 0 Å². The summed E-state index contributed by atoms with van der Waals surface area (Å²) in [6, 6.07) is 12.5. The van der Waals surface area contributed by atoms with Crippen LogP contribution < -0.4 is 10.2 Å². The van der Waals surface area contributed by atoms with Gasteiger partial charge in [-0.25, -0.2) is 0 Å². The fraction of sp³-hybridized carbons (Fsp3) is 0.333. The zero-order valence-electron chi connectivity index (χ0n) is 12.9. The second-order valence-corrected chi connectivity index (χ2v) is 6.01. The molecule has 110 valence electrons. The van der Waals surface area contributed by atoms with Gasteiger partial charge in [0.25, 0.3) is 0 Å². The van der Waals surface area contributed by atoms with Gasteiger partial charge in [0.1, 0.15) is 5.75 Å². The Bertz CT molecular complexity index is 664. The Morgan fingerprint density at radius 3 is 2.71 bits per heavy atom. The number of phenols is 1. The SMILES string of the molecule is Cc1ccc(NC2CCc3cc(O)ccc32)cc1N(C)C. The molecule has 1 aliphatic carbocycles. The number of aromatic hydroxyl groups is 1. The number of nitrogens with zero attached hydrogens (tertiary/aromatic N) is 1. The predicted molar refractivity (Wildman–Crippen MR) is 88.3 cm³/mol. The molecule has 1 unspecified atom stereocenters. The number of hydrogen-bond acceptors (Lipinski definition) is 3. The Kier molecular flexibility index (Phi) is 3.50. The summed E-state index contributed by atoms with van der Waals surface area (Å²) in [7, 11) is 4.14. The molecule has 0 aliphatic heterocycles. The fourth-order valence-corrected chi connectivity index (χ4v) is 3.14. The zero-order valence-corrected chi connectivity index (χ0v) is 12.9. The third-order valence-corrected chi connectivity index (χ3v) is 4.24. The number of nitrogens with one attached hydrogen (secondary N) is 1. The van der Waals surface area contributed by atoms with Crippen LogP contribution in [0.4, 0.5) is 11.4 Å². The van der Waals surface area contributed by atoms with Crippen LogP contribution in [0, 0.1) is 6.92 Å². The highest BCUT2D eigenvalue weighted by atomic mass is 16.3. The van der Waals surface area contributed by atoms with Crippen LogP contribution in [0.5, 0.6) is 5.75 Å². The second kappa shape index (κ2) is 5.32. The molecule has 0 saturated heterocycles. The molecule has 0 aromatic heterocycles. The third kappa shape index (κ3) is 2.68. The smallest absolute Gasteiger partial charge is 0.115 e. The summed E-state index contributed by atoms with van der Waals surface area (Å²) in [4.78, 5) is 2.14. The van der Waals surface area contributed by atoms with Crippen molar-refractivity contribution in [3.63, 3.8) is 0 Å². The molecule has 3 rings (SSSR count). The van der Waals surface area contributed by atoms with Gasteiger partial charge in [0.2, 0.25) is 0 Å². The molecule has 2 N–H and O–H groups in total. The van der Waals surface area contributed by atoms with Gasteiger partial charge in [-0.15, -0.1) is 0 Å². The molecule has 3 nitrogen and oxygen atoms in total. The van der Waals surface area contributed by atoms with Crippen LogP contribution in [0.15, 0.2) is 36.4 Å². The van der Waals surface area contributed by atoms with Gasteiger partial charge in [-0.1, -0.05) is 12.1 Å². The van der Waals surface area contributed by atoms with Crippen LogP contribution in [-0.4, -0.2) is 19.2 Å². The lowest BCUT2D eigenvalue weighted by Gasteiger charge is -2.20. The average molecular weight is 282 g/mol. The maximum atomic E-state index is 9.57. The quantitative estimate of drug-likeness (QED) is 0.897. The maximum absolute atomic E-state index is 9.57. The number of rotatable bonds is 3. The molecule has 1 aliphatic rings. The van der Waals surface area contributed by atoms with Crippen molar-refractivity contribution in [1.82, 2.24) is 0 Å². The van der Waals surface area contributed by atoms with Crippen LogP contribution >= 0.6 is 0 Å².